The van der Waals surface area contributed by atoms with Gasteiger partial charge >= 0.3 is 0 Å². The summed E-state index contributed by atoms with van der Waals surface area (Å²) in [5, 5.41) is 45.6. The van der Waals surface area contributed by atoms with Gasteiger partial charge in [0.2, 0.25) is 0 Å². The molecular formula is C25H26N6O3. The van der Waals surface area contributed by atoms with Crippen LogP contribution in [-0.4, -0.2) is 38.4 Å². The first-order valence-corrected chi connectivity index (χ1v) is 10.4. The number of phenols is 3. The molecule has 0 atom stereocenters. The normalized spacial score (nSPS) is 12.3. The number of hydrazone groups is 2. The minimum atomic E-state index is 0.169. The Balaban J connectivity index is 1.84. The topological polar surface area (TPSA) is 134 Å². The van der Waals surface area contributed by atoms with Gasteiger partial charge in [0.1, 0.15) is 17.2 Å². The van der Waals surface area contributed by atoms with Gasteiger partial charge in [-0.05, 0) is 110 Å². The van der Waals surface area contributed by atoms with Crippen molar-refractivity contribution in [1.29, 1.82) is 0 Å². The molecule has 0 aliphatic rings. The van der Waals surface area contributed by atoms with E-state index < -0.39 is 0 Å². The number of guanidine groups is 1. The minimum Gasteiger partial charge on any atom is -0.508 e. The smallest absolute Gasteiger partial charge is 0.257 e. The molecular weight excluding hydrogens is 432 g/mol. The SMILES string of the molecule is CC(=NN=C(NN=C(C)c1ccc(O)cc1)NN=C(C)c1ccc(O)cc1)c1ccc(O)cc1. The van der Waals surface area contributed by atoms with Gasteiger partial charge in [-0.1, -0.05) is 0 Å². The molecule has 0 aliphatic carbocycles. The first-order valence-electron chi connectivity index (χ1n) is 10.4. The number of phenolic OH excluding ortho intramolecular Hbond substituents is 3. The van der Waals surface area contributed by atoms with E-state index in [2.05, 4.69) is 31.3 Å². The predicted molar refractivity (Wildman–Crippen MR) is 135 cm³/mol. The number of nitrogens with zero attached hydrogens (tertiary/aromatic N) is 4. The lowest BCUT2D eigenvalue weighted by Gasteiger charge is -2.07. The van der Waals surface area contributed by atoms with Gasteiger partial charge < -0.3 is 15.3 Å². The van der Waals surface area contributed by atoms with Crippen molar-refractivity contribution >= 4 is 23.1 Å². The molecule has 9 heteroatoms. The second-order valence-corrected chi connectivity index (χ2v) is 7.39. The zero-order valence-corrected chi connectivity index (χ0v) is 19.1. The number of aromatic hydroxyl groups is 3. The number of hydrogen-bond donors (Lipinski definition) is 5. The molecule has 0 spiro atoms. The fraction of sp³-hybridized carbons (Fsp3) is 0.120. The van der Waals surface area contributed by atoms with Crippen LogP contribution in [-0.2, 0) is 0 Å². The lowest BCUT2D eigenvalue weighted by Crippen LogP contribution is -2.32. The van der Waals surface area contributed by atoms with E-state index in [-0.39, 0.29) is 23.2 Å². The Hall–Kier alpha value is -4.66. The Morgan fingerprint density at radius 2 is 0.824 bits per heavy atom. The maximum absolute atomic E-state index is 9.48. The summed E-state index contributed by atoms with van der Waals surface area (Å²) in [6.07, 6.45) is 0. The Labute approximate surface area is 197 Å². The molecule has 0 radical (unpaired) electrons. The molecule has 0 saturated heterocycles. The summed E-state index contributed by atoms with van der Waals surface area (Å²) in [5.74, 6) is 0.689. The van der Waals surface area contributed by atoms with Crippen molar-refractivity contribution in [2.24, 2.45) is 20.4 Å². The number of rotatable bonds is 6. The number of hydrogen-bond acceptors (Lipinski definition) is 7. The van der Waals surface area contributed by atoms with Crippen molar-refractivity contribution in [3.8, 4) is 17.2 Å². The van der Waals surface area contributed by atoms with Crippen LogP contribution in [0.25, 0.3) is 0 Å². The third-order valence-corrected chi connectivity index (χ3v) is 4.81. The molecule has 0 aromatic heterocycles. The monoisotopic (exact) mass is 458 g/mol. The van der Waals surface area contributed by atoms with Gasteiger partial charge in [0.15, 0.2) is 0 Å². The highest BCUT2D eigenvalue weighted by Gasteiger charge is 2.03. The van der Waals surface area contributed by atoms with E-state index in [1.807, 2.05) is 13.8 Å². The average molecular weight is 459 g/mol. The summed E-state index contributed by atoms with van der Waals surface area (Å²) in [6, 6.07) is 20.0. The van der Waals surface area contributed by atoms with Crippen molar-refractivity contribution in [3.05, 3.63) is 89.5 Å². The second kappa shape index (κ2) is 11.3. The summed E-state index contributed by atoms with van der Waals surface area (Å²) in [6.45, 7) is 5.42. The quantitative estimate of drug-likeness (QED) is 0.217. The van der Waals surface area contributed by atoms with Gasteiger partial charge in [-0.15, -0.1) is 5.10 Å². The van der Waals surface area contributed by atoms with Crippen LogP contribution in [0.15, 0.2) is 93.2 Å². The van der Waals surface area contributed by atoms with E-state index in [0.29, 0.717) is 17.1 Å². The van der Waals surface area contributed by atoms with Crippen molar-refractivity contribution in [3.63, 3.8) is 0 Å². The van der Waals surface area contributed by atoms with E-state index in [0.717, 1.165) is 16.7 Å². The second-order valence-electron chi connectivity index (χ2n) is 7.39. The minimum absolute atomic E-state index is 0.169. The zero-order valence-electron chi connectivity index (χ0n) is 19.1. The predicted octanol–water partition coefficient (Wildman–Crippen LogP) is 3.91. The molecule has 0 aliphatic heterocycles. The molecule has 3 aromatic rings. The van der Waals surface area contributed by atoms with Gasteiger partial charge in [0.25, 0.3) is 5.96 Å². The van der Waals surface area contributed by atoms with Crippen molar-refractivity contribution in [1.82, 2.24) is 10.9 Å². The lowest BCUT2D eigenvalue weighted by atomic mass is 10.1. The lowest BCUT2D eigenvalue weighted by molar-refractivity contribution is 0.474. The summed E-state index contributed by atoms with van der Waals surface area (Å²) in [5.41, 5.74) is 10.0. The Kier molecular flexibility index (Phi) is 7.96. The van der Waals surface area contributed by atoms with E-state index in [9.17, 15) is 15.3 Å². The summed E-state index contributed by atoms with van der Waals surface area (Å²) in [4.78, 5) is 0. The number of benzene rings is 3. The van der Waals surface area contributed by atoms with E-state index in [1.54, 1.807) is 79.7 Å². The fourth-order valence-corrected chi connectivity index (χ4v) is 2.76. The highest BCUT2D eigenvalue weighted by atomic mass is 16.3. The molecule has 0 fully saturated rings. The molecule has 0 saturated carbocycles. The summed E-state index contributed by atoms with van der Waals surface area (Å²) >= 11 is 0. The van der Waals surface area contributed by atoms with Gasteiger partial charge in [-0.2, -0.15) is 15.3 Å². The van der Waals surface area contributed by atoms with Crippen LogP contribution in [0.1, 0.15) is 37.5 Å². The first-order chi connectivity index (χ1) is 16.3. The molecule has 0 unspecified atom stereocenters. The number of nitrogens with one attached hydrogen (secondary N) is 2. The van der Waals surface area contributed by atoms with Crippen molar-refractivity contribution < 1.29 is 15.3 Å². The van der Waals surface area contributed by atoms with Crippen LogP contribution in [0, 0.1) is 0 Å². The molecule has 0 heterocycles. The van der Waals surface area contributed by atoms with Gasteiger partial charge in [0, 0.05) is 0 Å². The van der Waals surface area contributed by atoms with Gasteiger partial charge in [-0.25, -0.2) is 10.9 Å². The molecule has 3 rings (SSSR count). The van der Waals surface area contributed by atoms with Crippen LogP contribution >= 0.6 is 0 Å². The molecule has 9 nitrogen and oxygen atoms in total. The summed E-state index contributed by atoms with van der Waals surface area (Å²) < 4.78 is 0. The Morgan fingerprint density at radius 3 is 1.18 bits per heavy atom. The highest BCUT2D eigenvalue weighted by molar-refractivity contribution is 6.01. The van der Waals surface area contributed by atoms with E-state index in [1.165, 1.54) is 0 Å². The maximum Gasteiger partial charge on any atom is 0.257 e. The fourth-order valence-electron chi connectivity index (χ4n) is 2.76. The zero-order chi connectivity index (χ0) is 24.5. The van der Waals surface area contributed by atoms with Crippen LogP contribution in [0.5, 0.6) is 17.2 Å². The molecule has 5 N–H and O–H groups in total. The standard InChI is InChI=1S/C25H26N6O3/c1-16(19-4-10-22(32)11-5-19)26-29-25(30-27-17(2)20-6-12-23(33)13-7-20)31-28-18(3)21-8-14-24(34)15-9-21/h4-15,32-34H,1-3H3,(H2,29,30,31). The third-order valence-electron chi connectivity index (χ3n) is 4.81. The average Bonchev–Trinajstić information content (AvgIpc) is 2.84. The largest absolute Gasteiger partial charge is 0.508 e. The third kappa shape index (κ3) is 6.92. The summed E-state index contributed by atoms with van der Waals surface area (Å²) in [7, 11) is 0. The van der Waals surface area contributed by atoms with Crippen LogP contribution < -0.4 is 10.9 Å². The molecule has 174 valence electrons. The van der Waals surface area contributed by atoms with E-state index >= 15 is 0 Å². The molecule has 3 aromatic carbocycles. The van der Waals surface area contributed by atoms with Gasteiger partial charge in [-0.3, -0.25) is 0 Å². The Bertz CT molecular complexity index is 1160. The van der Waals surface area contributed by atoms with Crippen molar-refractivity contribution in [2.45, 2.75) is 20.8 Å². The molecule has 0 bridgehead atoms. The van der Waals surface area contributed by atoms with Crippen LogP contribution in [0.4, 0.5) is 0 Å². The van der Waals surface area contributed by atoms with Gasteiger partial charge in [0.05, 0.1) is 17.1 Å². The Morgan fingerprint density at radius 1 is 0.500 bits per heavy atom. The molecule has 34 heavy (non-hydrogen) atoms. The molecule has 0 amide bonds. The highest BCUT2D eigenvalue weighted by Crippen LogP contribution is 2.12. The van der Waals surface area contributed by atoms with Crippen molar-refractivity contribution in [2.75, 3.05) is 0 Å². The van der Waals surface area contributed by atoms with Crippen LogP contribution in [0.2, 0.25) is 0 Å². The maximum atomic E-state index is 9.48. The van der Waals surface area contributed by atoms with E-state index in [4.69, 9.17) is 0 Å². The van der Waals surface area contributed by atoms with Crippen LogP contribution in [0.3, 0.4) is 0 Å². The first kappa shape index (κ1) is 24.0.